The molecule has 4 heteroatoms. The van der Waals surface area contributed by atoms with Crippen molar-refractivity contribution in [3.05, 3.63) is 23.7 Å². The number of nitrogens with zero attached hydrogens (tertiary/aromatic N) is 1. The van der Waals surface area contributed by atoms with Crippen molar-refractivity contribution >= 4 is 17.2 Å². The minimum atomic E-state index is 0.341. The van der Waals surface area contributed by atoms with Crippen LogP contribution in [0.25, 0.3) is 0 Å². The highest BCUT2D eigenvalue weighted by atomic mass is 32.1. The average molecular weight is 226 g/mol. The SMILES string of the molecule is Cc1ccc(CN(C)C(C)CC(N)=S)o1. The van der Waals surface area contributed by atoms with Crippen molar-refractivity contribution in [3.8, 4) is 0 Å². The van der Waals surface area contributed by atoms with Crippen LogP contribution in [0.15, 0.2) is 16.5 Å². The van der Waals surface area contributed by atoms with E-state index in [0.717, 1.165) is 24.5 Å². The van der Waals surface area contributed by atoms with Crippen LogP contribution in [0, 0.1) is 6.92 Å². The topological polar surface area (TPSA) is 42.4 Å². The zero-order valence-electron chi connectivity index (χ0n) is 9.49. The molecule has 0 spiro atoms. The van der Waals surface area contributed by atoms with Crippen LogP contribution in [0.4, 0.5) is 0 Å². The van der Waals surface area contributed by atoms with Crippen molar-refractivity contribution in [1.82, 2.24) is 4.90 Å². The van der Waals surface area contributed by atoms with Crippen LogP contribution in [-0.4, -0.2) is 23.0 Å². The molecule has 1 aromatic rings. The standard InChI is InChI=1S/C11H18N2OS/c1-8(6-11(12)15)13(3)7-10-5-4-9(2)14-10/h4-5,8H,6-7H2,1-3H3,(H2,12,15). The summed E-state index contributed by atoms with van der Waals surface area (Å²) in [5.74, 6) is 1.92. The summed E-state index contributed by atoms with van der Waals surface area (Å²) in [6.45, 7) is 4.84. The number of hydrogen-bond acceptors (Lipinski definition) is 3. The Balaban J connectivity index is 2.47. The molecule has 0 aliphatic heterocycles. The summed E-state index contributed by atoms with van der Waals surface area (Å²) in [7, 11) is 2.04. The van der Waals surface area contributed by atoms with Gasteiger partial charge in [-0.25, -0.2) is 0 Å². The number of hydrogen-bond donors (Lipinski definition) is 1. The van der Waals surface area contributed by atoms with E-state index in [0.29, 0.717) is 11.0 Å². The molecule has 0 aromatic carbocycles. The van der Waals surface area contributed by atoms with Crippen LogP contribution in [0.3, 0.4) is 0 Å². The molecule has 0 fully saturated rings. The molecule has 1 unspecified atom stereocenters. The fraction of sp³-hybridized carbons (Fsp3) is 0.545. The molecule has 15 heavy (non-hydrogen) atoms. The Kier molecular flexibility index (Phi) is 4.29. The molecule has 1 heterocycles. The molecular formula is C11H18N2OS. The van der Waals surface area contributed by atoms with Gasteiger partial charge in [0, 0.05) is 12.5 Å². The first-order valence-electron chi connectivity index (χ1n) is 5.03. The first kappa shape index (κ1) is 12.2. The van der Waals surface area contributed by atoms with E-state index in [2.05, 4.69) is 11.8 Å². The molecule has 1 atom stereocenters. The third-order valence-electron chi connectivity index (χ3n) is 2.45. The smallest absolute Gasteiger partial charge is 0.118 e. The van der Waals surface area contributed by atoms with Gasteiger partial charge in [0.1, 0.15) is 11.5 Å². The monoisotopic (exact) mass is 226 g/mol. The van der Waals surface area contributed by atoms with Crippen molar-refractivity contribution in [2.24, 2.45) is 5.73 Å². The van der Waals surface area contributed by atoms with Gasteiger partial charge in [-0.3, -0.25) is 4.90 Å². The highest BCUT2D eigenvalue weighted by Gasteiger charge is 2.12. The molecule has 0 saturated heterocycles. The van der Waals surface area contributed by atoms with Gasteiger partial charge in [0.05, 0.1) is 11.5 Å². The van der Waals surface area contributed by atoms with E-state index in [4.69, 9.17) is 22.4 Å². The van der Waals surface area contributed by atoms with Gasteiger partial charge in [0.15, 0.2) is 0 Å². The number of rotatable bonds is 5. The molecule has 0 saturated carbocycles. The largest absolute Gasteiger partial charge is 0.465 e. The summed E-state index contributed by atoms with van der Waals surface area (Å²) in [5, 5.41) is 0. The lowest BCUT2D eigenvalue weighted by molar-refractivity contribution is 0.233. The van der Waals surface area contributed by atoms with E-state index in [1.165, 1.54) is 0 Å². The molecule has 3 nitrogen and oxygen atoms in total. The Morgan fingerprint density at radius 3 is 2.73 bits per heavy atom. The molecule has 0 aliphatic carbocycles. The van der Waals surface area contributed by atoms with Crippen molar-refractivity contribution < 1.29 is 4.42 Å². The Bertz CT molecular complexity index is 335. The lowest BCUT2D eigenvalue weighted by atomic mass is 10.2. The average Bonchev–Trinajstić information content (AvgIpc) is 2.50. The van der Waals surface area contributed by atoms with Gasteiger partial charge in [0.25, 0.3) is 0 Å². The second kappa shape index (κ2) is 5.28. The molecule has 1 aromatic heterocycles. The summed E-state index contributed by atoms with van der Waals surface area (Å²) in [5.41, 5.74) is 5.51. The Morgan fingerprint density at radius 1 is 1.60 bits per heavy atom. The molecule has 0 radical (unpaired) electrons. The predicted molar refractivity (Wildman–Crippen MR) is 65.8 cm³/mol. The molecule has 2 N–H and O–H groups in total. The maximum atomic E-state index is 5.51. The van der Waals surface area contributed by atoms with Crippen LogP contribution in [0.5, 0.6) is 0 Å². The molecule has 0 amide bonds. The van der Waals surface area contributed by atoms with Crippen molar-refractivity contribution in [2.75, 3.05) is 7.05 Å². The maximum Gasteiger partial charge on any atom is 0.118 e. The van der Waals surface area contributed by atoms with Gasteiger partial charge in [-0.05, 0) is 33.0 Å². The van der Waals surface area contributed by atoms with E-state index in [-0.39, 0.29) is 0 Å². The normalized spacial score (nSPS) is 13.1. The maximum absolute atomic E-state index is 5.51. The van der Waals surface area contributed by atoms with E-state index in [9.17, 15) is 0 Å². The third kappa shape index (κ3) is 4.01. The molecule has 1 rings (SSSR count). The van der Waals surface area contributed by atoms with Crippen molar-refractivity contribution in [2.45, 2.75) is 32.9 Å². The Hall–Kier alpha value is -0.870. The van der Waals surface area contributed by atoms with Crippen molar-refractivity contribution in [1.29, 1.82) is 0 Å². The molecule has 0 aliphatic rings. The fourth-order valence-electron chi connectivity index (χ4n) is 1.42. The van der Waals surface area contributed by atoms with Crippen LogP contribution in [-0.2, 0) is 6.54 Å². The van der Waals surface area contributed by atoms with E-state index >= 15 is 0 Å². The highest BCUT2D eigenvalue weighted by molar-refractivity contribution is 7.80. The zero-order valence-corrected chi connectivity index (χ0v) is 10.3. The lowest BCUT2D eigenvalue weighted by Crippen LogP contribution is -2.31. The summed E-state index contributed by atoms with van der Waals surface area (Å²) in [4.78, 5) is 2.74. The lowest BCUT2D eigenvalue weighted by Gasteiger charge is -2.23. The summed E-state index contributed by atoms with van der Waals surface area (Å²) in [6, 6.07) is 4.31. The molecule has 84 valence electrons. The molecule has 0 bridgehead atoms. The predicted octanol–water partition coefficient (Wildman–Crippen LogP) is 2.08. The second-order valence-electron chi connectivity index (χ2n) is 3.95. The summed E-state index contributed by atoms with van der Waals surface area (Å²) >= 11 is 4.89. The van der Waals surface area contributed by atoms with E-state index < -0.39 is 0 Å². The van der Waals surface area contributed by atoms with Crippen molar-refractivity contribution in [3.63, 3.8) is 0 Å². The summed E-state index contributed by atoms with van der Waals surface area (Å²) in [6.07, 6.45) is 0.742. The van der Waals surface area contributed by atoms with E-state index in [1.807, 2.05) is 26.1 Å². The zero-order chi connectivity index (χ0) is 11.4. The van der Waals surface area contributed by atoms with E-state index in [1.54, 1.807) is 0 Å². The fourth-order valence-corrected chi connectivity index (χ4v) is 1.66. The third-order valence-corrected chi connectivity index (χ3v) is 2.62. The minimum absolute atomic E-state index is 0.341. The van der Waals surface area contributed by atoms with Gasteiger partial charge in [-0.15, -0.1) is 0 Å². The Morgan fingerprint density at radius 2 is 2.27 bits per heavy atom. The van der Waals surface area contributed by atoms with Gasteiger partial charge in [0.2, 0.25) is 0 Å². The van der Waals surface area contributed by atoms with Gasteiger partial charge >= 0.3 is 0 Å². The number of furan rings is 1. The second-order valence-corrected chi connectivity index (χ2v) is 4.47. The molecular weight excluding hydrogens is 208 g/mol. The van der Waals surface area contributed by atoms with Gasteiger partial charge < -0.3 is 10.2 Å². The first-order valence-corrected chi connectivity index (χ1v) is 5.43. The number of nitrogens with two attached hydrogens (primary N) is 1. The number of aryl methyl sites for hydroxylation is 1. The highest BCUT2D eigenvalue weighted by Crippen LogP contribution is 2.11. The van der Waals surface area contributed by atoms with Gasteiger partial charge in [-0.1, -0.05) is 12.2 Å². The number of thiocarbonyl (C=S) groups is 1. The first-order chi connectivity index (χ1) is 6.99. The van der Waals surface area contributed by atoms with Crippen LogP contribution in [0.2, 0.25) is 0 Å². The van der Waals surface area contributed by atoms with Gasteiger partial charge in [-0.2, -0.15) is 0 Å². The quantitative estimate of drug-likeness (QED) is 0.781. The van der Waals surface area contributed by atoms with Crippen LogP contribution >= 0.6 is 12.2 Å². The Labute approximate surface area is 96.2 Å². The van der Waals surface area contributed by atoms with Crippen LogP contribution in [0.1, 0.15) is 24.9 Å². The minimum Gasteiger partial charge on any atom is -0.465 e. The van der Waals surface area contributed by atoms with Crippen LogP contribution < -0.4 is 5.73 Å². The summed E-state index contributed by atoms with van der Waals surface area (Å²) < 4.78 is 5.50.